The van der Waals surface area contributed by atoms with Crippen LogP contribution in [-0.4, -0.2) is 33.3 Å². The van der Waals surface area contributed by atoms with Gasteiger partial charge >= 0.3 is 12.1 Å². The summed E-state index contributed by atoms with van der Waals surface area (Å²) in [6.45, 7) is 5.64. The van der Waals surface area contributed by atoms with Crippen LogP contribution in [-0.2, 0) is 22.3 Å². The Kier molecular flexibility index (Phi) is 6.49. The lowest BCUT2D eigenvalue weighted by Crippen LogP contribution is -2.30. The number of hydrogen-bond donors (Lipinski definition) is 0. The zero-order chi connectivity index (χ0) is 20.0. The van der Waals surface area contributed by atoms with Gasteiger partial charge in [-0.15, -0.1) is 6.58 Å². The van der Waals surface area contributed by atoms with E-state index in [0.29, 0.717) is 12.1 Å². The molecular weight excluding hydrogens is 363 g/mol. The Hall–Kier alpha value is -2.97. The van der Waals surface area contributed by atoms with Crippen LogP contribution in [0.5, 0.6) is 0 Å². The molecule has 1 heterocycles. The molecule has 2 rings (SSSR count). The number of benzene rings is 1. The molecule has 0 spiro atoms. The van der Waals surface area contributed by atoms with Crippen LogP contribution in [0, 0.1) is 0 Å². The summed E-state index contributed by atoms with van der Waals surface area (Å²) in [5.41, 5.74) is 1.12. The third-order valence-corrected chi connectivity index (χ3v) is 3.65. The fourth-order valence-electron chi connectivity index (χ4n) is 2.29. The number of hydrogen-bond acceptors (Lipinski definition) is 5. The first-order valence-electron chi connectivity index (χ1n) is 8.09. The molecular formula is C18H18F3N3O3. The second kappa shape index (κ2) is 8.61. The minimum Gasteiger partial charge on any atom is -0.335 e. The lowest BCUT2D eigenvalue weighted by Gasteiger charge is -2.21. The molecule has 1 aromatic heterocycles. The Morgan fingerprint density at radius 1 is 1.22 bits per heavy atom. The quantitative estimate of drug-likeness (QED) is 0.653. The molecule has 1 aromatic carbocycles. The summed E-state index contributed by atoms with van der Waals surface area (Å²) in [6, 6.07) is 6.42. The highest BCUT2D eigenvalue weighted by atomic mass is 19.4. The number of nitrogens with zero attached hydrogens (tertiary/aromatic N) is 3. The molecule has 0 radical (unpaired) electrons. The van der Waals surface area contributed by atoms with Crippen LogP contribution in [0.3, 0.4) is 0 Å². The minimum absolute atomic E-state index is 0.0652. The number of carbonyl (C=O) groups excluding carboxylic acids is 2. The lowest BCUT2D eigenvalue weighted by atomic mass is 10.1. The van der Waals surface area contributed by atoms with Crippen molar-refractivity contribution < 1.29 is 27.3 Å². The first-order valence-corrected chi connectivity index (χ1v) is 8.09. The summed E-state index contributed by atoms with van der Waals surface area (Å²) in [6.07, 6.45) is -2.83. The molecule has 0 aliphatic rings. The molecule has 0 saturated carbocycles. The Bertz CT molecular complexity index is 813. The average Bonchev–Trinajstić information content (AvgIpc) is 3.10. The van der Waals surface area contributed by atoms with Crippen molar-refractivity contribution in [3.05, 3.63) is 48.4 Å². The molecule has 0 unspecified atom stereocenters. The molecule has 2 aromatic rings. The number of alkyl halides is 3. The van der Waals surface area contributed by atoms with E-state index in [1.807, 2.05) is 0 Å². The Balaban J connectivity index is 2.08. The number of Topliss-reactive ketones (excluding diaryl/α,β-unsaturated/α-hetero) is 1. The molecule has 9 heteroatoms. The van der Waals surface area contributed by atoms with Gasteiger partial charge in [-0.25, -0.2) is 0 Å². The highest BCUT2D eigenvalue weighted by Crippen LogP contribution is 2.29. The van der Waals surface area contributed by atoms with Crippen molar-refractivity contribution >= 4 is 11.7 Å². The second-order valence-electron chi connectivity index (χ2n) is 5.88. The second-order valence-corrected chi connectivity index (χ2v) is 5.88. The molecule has 144 valence electrons. The Morgan fingerprint density at radius 3 is 2.41 bits per heavy atom. The van der Waals surface area contributed by atoms with Gasteiger partial charge in [0.05, 0.1) is 0 Å². The molecule has 0 fully saturated rings. The van der Waals surface area contributed by atoms with Crippen molar-refractivity contribution in [3.63, 3.8) is 0 Å². The lowest BCUT2D eigenvalue weighted by molar-refractivity contribution is -0.159. The molecule has 0 aliphatic carbocycles. The standard InChI is InChI=1S/C18H18F3N3O3/c1-3-10-24(15(26)9-4-12(2)25)11-13-5-7-14(8-6-13)16-22-17(27-23-16)18(19,20)21/h3,5-8H,1,4,9-11H2,2H3. The fraction of sp³-hybridized carbons (Fsp3) is 0.333. The summed E-state index contributed by atoms with van der Waals surface area (Å²) in [5, 5.41) is 3.33. The summed E-state index contributed by atoms with van der Waals surface area (Å²) in [7, 11) is 0. The maximum Gasteiger partial charge on any atom is 0.471 e. The maximum atomic E-state index is 12.5. The van der Waals surface area contributed by atoms with Gasteiger partial charge in [-0.2, -0.15) is 18.2 Å². The predicted octanol–water partition coefficient (Wildman–Crippen LogP) is 3.64. The molecule has 0 N–H and O–H groups in total. The molecule has 6 nitrogen and oxygen atoms in total. The summed E-state index contributed by atoms with van der Waals surface area (Å²) >= 11 is 0. The van der Waals surface area contributed by atoms with E-state index in [9.17, 15) is 22.8 Å². The van der Waals surface area contributed by atoms with Crippen molar-refractivity contribution in [1.82, 2.24) is 15.0 Å². The van der Waals surface area contributed by atoms with Gasteiger partial charge < -0.3 is 14.2 Å². The van der Waals surface area contributed by atoms with E-state index in [-0.39, 0.29) is 36.9 Å². The number of ketones is 1. The van der Waals surface area contributed by atoms with Crippen LogP contribution in [0.2, 0.25) is 0 Å². The number of carbonyl (C=O) groups is 2. The monoisotopic (exact) mass is 381 g/mol. The Labute approximate surface area is 153 Å². The van der Waals surface area contributed by atoms with Gasteiger partial charge in [0.15, 0.2) is 0 Å². The van der Waals surface area contributed by atoms with Crippen molar-refractivity contribution in [2.24, 2.45) is 0 Å². The minimum atomic E-state index is -4.70. The SMILES string of the molecule is C=CCN(Cc1ccc(-c2noc(C(F)(F)F)n2)cc1)C(=O)CCC(C)=O. The van der Waals surface area contributed by atoms with Crippen molar-refractivity contribution in [2.45, 2.75) is 32.5 Å². The summed E-state index contributed by atoms with van der Waals surface area (Å²) in [4.78, 5) is 28.1. The van der Waals surface area contributed by atoms with E-state index in [1.165, 1.54) is 6.92 Å². The van der Waals surface area contributed by atoms with Gasteiger partial charge in [0, 0.05) is 31.5 Å². The van der Waals surface area contributed by atoms with E-state index >= 15 is 0 Å². The van der Waals surface area contributed by atoms with Gasteiger partial charge in [-0.1, -0.05) is 35.5 Å². The molecule has 0 saturated heterocycles. The number of aromatic nitrogens is 2. The highest BCUT2D eigenvalue weighted by Gasteiger charge is 2.38. The smallest absolute Gasteiger partial charge is 0.335 e. The van der Waals surface area contributed by atoms with Crippen LogP contribution in [0.25, 0.3) is 11.4 Å². The van der Waals surface area contributed by atoms with E-state index in [2.05, 4.69) is 21.2 Å². The first-order chi connectivity index (χ1) is 12.7. The molecule has 27 heavy (non-hydrogen) atoms. The van der Waals surface area contributed by atoms with Gasteiger partial charge in [0.25, 0.3) is 0 Å². The van der Waals surface area contributed by atoms with Crippen LogP contribution in [0.1, 0.15) is 31.2 Å². The van der Waals surface area contributed by atoms with E-state index in [4.69, 9.17) is 0 Å². The third-order valence-electron chi connectivity index (χ3n) is 3.65. The normalized spacial score (nSPS) is 11.3. The molecule has 1 amide bonds. The highest BCUT2D eigenvalue weighted by molar-refractivity contribution is 5.83. The number of amides is 1. The topological polar surface area (TPSA) is 76.3 Å². The maximum absolute atomic E-state index is 12.5. The largest absolute Gasteiger partial charge is 0.471 e. The van der Waals surface area contributed by atoms with E-state index < -0.39 is 12.1 Å². The van der Waals surface area contributed by atoms with Crippen molar-refractivity contribution in [1.29, 1.82) is 0 Å². The van der Waals surface area contributed by atoms with E-state index in [0.717, 1.165) is 5.56 Å². The zero-order valence-electron chi connectivity index (χ0n) is 14.6. The average molecular weight is 381 g/mol. The summed E-state index contributed by atoms with van der Waals surface area (Å²) in [5.74, 6) is -1.82. The van der Waals surface area contributed by atoms with Crippen LogP contribution in [0.15, 0.2) is 41.4 Å². The third kappa shape index (κ3) is 5.77. The number of halogens is 3. The predicted molar refractivity (Wildman–Crippen MR) is 90.3 cm³/mol. The van der Waals surface area contributed by atoms with Crippen LogP contribution >= 0.6 is 0 Å². The van der Waals surface area contributed by atoms with Gasteiger partial charge in [0.1, 0.15) is 5.78 Å². The van der Waals surface area contributed by atoms with E-state index in [1.54, 1.807) is 35.2 Å². The Morgan fingerprint density at radius 2 is 1.89 bits per heavy atom. The summed E-state index contributed by atoms with van der Waals surface area (Å²) < 4.78 is 41.8. The number of rotatable bonds is 8. The fourth-order valence-corrected chi connectivity index (χ4v) is 2.29. The van der Waals surface area contributed by atoms with Gasteiger partial charge in [-0.3, -0.25) is 4.79 Å². The molecule has 0 aliphatic heterocycles. The van der Waals surface area contributed by atoms with Crippen molar-refractivity contribution in [2.75, 3.05) is 6.54 Å². The van der Waals surface area contributed by atoms with Crippen LogP contribution in [0.4, 0.5) is 13.2 Å². The van der Waals surface area contributed by atoms with Gasteiger partial charge in [0.2, 0.25) is 11.7 Å². The zero-order valence-corrected chi connectivity index (χ0v) is 14.6. The molecule has 0 atom stereocenters. The van der Waals surface area contributed by atoms with Gasteiger partial charge in [-0.05, 0) is 12.5 Å². The first kappa shape index (κ1) is 20.3. The van der Waals surface area contributed by atoms with Crippen molar-refractivity contribution in [3.8, 4) is 11.4 Å². The van der Waals surface area contributed by atoms with Crippen LogP contribution < -0.4 is 0 Å². The molecule has 0 bridgehead atoms.